The second-order valence-electron chi connectivity index (χ2n) is 9.53. The highest BCUT2D eigenvalue weighted by molar-refractivity contribution is 5.89. The fraction of sp³-hybridized carbons (Fsp3) is 0.625. The third-order valence-corrected chi connectivity index (χ3v) is 5.51. The van der Waals surface area contributed by atoms with Crippen molar-refractivity contribution in [2.75, 3.05) is 13.7 Å². The van der Waals surface area contributed by atoms with Crippen LogP contribution in [0.2, 0.25) is 0 Å². The van der Waals surface area contributed by atoms with Crippen molar-refractivity contribution >= 4 is 11.8 Å². The van der Waals surface area contributed by atoms with Crippen LogP contribution in [0.5, 0.6) is 0 Å². The number of carbonyl (C=O) groups is 2. The Labute approximate surface area is 195 Å². The second kappa shape index (κ2) is 12.2. The van der Waals surface area contributed by atoms with Crippen LogP contribution >= 0.6 is 0 Å². The topological polar surface area (TPSA) is 132 Å². The summed E-state index contributed by atoms with van der Waals surface area (Å²) < 4.78 is 5.13. The lowest BCUT2D eigenvalue weighted by Crippen LogP contribution is -2.55. The molecule has 2 amide bonds. The number of amides is 2. The third kappa shape index (κ3) is 8.19. The maximum atomic E-state index is 13.1. The molecule has 4 N–H and O–H groups in total. The molecule has 0 saturated carbocycles. The molecule has 2 heterocycles. The number of aliphatic hydroxyl groups excluding tert-OH is 3. The van der Waals surface area contributed by atoms with Gasteiger partial charge in [-0.3, -0.25) is 14.6 Å². The molecule has 1 aliphatic heterocycles. The molecule has 0 radical (unpaired) electrons. The zero-order valence-electron chi connectivity index (χ0n) is 19.8. The molecule has 1 aromatic rings. The van der Waals surface area contributed by atoms with Crippen LogP contribution in [-0.2, 0) is 20.9 Å². The summed E-state index contributed by atoms with van der Waals surface area (Å²) in [5.74, 6) is -0.944. The van der Waals surface area contributed by atoms with Crippen LogP contribution in [0, 0.1) is 5.41 Å². The molecule has 9 nitrogen and oxygen atoms in total. The molecule has 1 saturated heterocycles. The highest BCUT2D eigenvalue weighted by Gasteiger charge is 2.37. The molecule has 1 aliphatic rings. The zero-order valence-corrected chi connectivity index (χ0v) is 19.8. The van der Waals surface area contributed by atoms with Gasteiger partial charge in [0.1, 0.15) is 24.4 Å². The maximum Gasteiger partial charge on any atom is 0.252 e. The van der Waals surface area contributed by atoms with Gasteiger partial charge in [0, 0.05) is 32.6 Å². The molecular weight excluding hydrogens is 426 g/mol. The number of likely N-dealkylation sites (tertiary alicyclic amines) is 1. The summed E-state index contributed by atoms with van der Waals surface area (Å²) in [5.41, 5.74) is 0.661. The van der Waals surface area contributed by atoms with Gasteiger partial charge in [0.05, 0.1) is 0 Å². The van der Waals surface area contributed by atoms with Gasteiger partial charge in [-0.15, -0.1) is 0 Å². The first kappa shape index (κ1) is 26.9. The van der Waals surface area contributed by atoms with E-state index in [0.29, 0.717) is 19.5 Å². The number of hydrogen-bond donors (Lipinski definition) is 4. The predicted molar refractivity (Wildman–Crippen MR) is 123 cm³/mol. The number of hydrogen-bond acceptors (Lipinski definition) is 7. The minimum atomic E-state index is -1.69. The minimum Gasteiger partial charge on any atom is -0.387 e. The van der Waals surface area contributed by atoms with Crippen molar-refractivity contribution in [3.8, 4) is 0 Å². The van der Waals surface area contributed by atoms with Crippen LogP contribution in [0.4, 0.5) is 0 Å². The molecule has 2 rings (SSSR count). The molecule has 0 spiro atoms. The third-order valence-electron chi connectivity index (χ3n) is 5.51. The van der Waals surface area contributed by atoms with Crippen LogP contribution < -0.4 is 5.32 Å². The summed E-state index contributed by atoms with van der Waals surface area (Å²) in [7, 11) is 1.22. The monoisotopic (exact) mass is 463 g/mol. The largest absolute Gasteiger partial charge is 0.387 e. The molecule has 0 aromatic carbocycles. The van der Waals surface area contributed by atoms with Gasteiger partial charge < -0.3 is 30.3 Å². The number of methoxy groups -OCH3 is 1. The van der Waals surface area contributed by atoms with E-state index in [-0.39, 0.29) is 11.3 Å². The molecule has 1 aromatic heterocycles. The first-order chi connectivity index (χ1) is 15.5. The summed E-state index contributed by atoms with van der Waals surface area (Å²) in [5, 5.41) is 33.7. The van der Waals surface area contributed by atoms with E-state index in [1.54, 1.807) is 29.4 Å². The van der Waals surface area contributed by atoms with Gasteiger partial charge in [0.25, 0.3) is 5.91 Å². The van der Waals surface area contributed by atoms with Gasteiger partial charge in [-0.25, -0.2) is 0 Å². The van der Waals surface area contributed by atoms with Crippen LogP contribution in [0.3, 0.4) is 0 Å². The van der Waals surface area contributed by atoms with Crippen LogP contribution in [0.25, 0.3) is 0 Å². The van der Waals surface area contributed by atoms with Gasteiger partial charge in [-0.05, 0) is 36.3 Å². The molecule has 0 unspecified atom stereocenters. The Morgan fingerprint density at radius 3 is 2.64 bits per heavy atom. The summed E-state index contributed by atoms with van der Waals surface area (Å²) in [6.45, 7) is 6.73. The van der Waals surface area contributed by atoms with Crippen molar-refractivity contribution in [2.45, 2.75) is 77.0 Å². The van der Waals surface area contributed by atoms with Crippen molar-refractivity contribution < 1.29 is 29.6 Å². The molecule has 33 heavy (non-hydrogen) atoms. The Hall–Kier alpha value is -2.33. The number of rotatable bonds is 9. The number of carbonyl (C=O) groups excluding carboxylic acids is 2. The fourth-order valence-corrected chi connectivity index (χ4v) is 3.65. The molecule has 0 aliphatic carbocycles. The fourth-order valence-electron chi connectivity index (χ4n) is 3.65. The van der Waals surface area contributed by atoms with Gasteiger partial charge >= 0.3 is 0 Å². The minimum absolute atomic E-state index is 0.220. The van der Waals surface area contributed by atoms with Crippen molar-refractivity contribution in [3.63, 3.8) is 0 Å². The zero-order chi connectivity index (χ0) is 24.6. The van der Waals surface area contributed by atoms with E-state index in [4.69, 9.17) is 4.74 Å². The number of allylic oxidation sites excluding steroid dienone is 1. The van der Waals surface area contributed by atoms with Gasteiger partial charge in [0.2, 0.25) is 5.91 Å². The summed E-state index contributed by atoms with van der Waals surface area (Å²) >= 11 is 0. The average Bonchev–Trinajstić information content (AvgIpc) is 2.93. The summed E-state index contributed by atoms with van der Waals surface area (Å²) in [4.78, 5) is 31.7. The van der Waals surface area contributed by atoms with E-state index >= 15 is 0 Å². The Morgan fingerprint density at radius 1 is 1.30 bits per heavy atom. The molecule has 9 heteroatoms. The van der Waals surface area contributed by atoms with E-state index in [0.717, 1.165) is 18.4 Å². The van der Waals surface area contributed by atoms with Gasteiger partial charge in [-0.2, -0.15) is 0 Å². The number of nitrogens with zero attached hydrogens (tertiary/aromatic N) is 2. The second-order valence-corrected chi connectivity index (χ2v) is 9.53. The standard InChI is InChI=1S/C24H37N3O6/c1-24(2,3)11-10-18(28)19(29)20(30)21(33-4)22(31)26-17-9-5-6-13-27(23(17)32)15-16-8-7-12-25-14-16/h7-8,10-12,14,17-21,28-30H,5-6,9,13,15H2,1-4H3,(H,26,31)/t17-,18+,19-,20+,21+/m0/s1. The van der Waals surface area contributed by atoms with Crippen molar-refractivity contribution in [1.29, 1.82) is 0 Å². The highest BCUT2D eigenvalue weighted by Crippen LogP contribution is 2.18. The molecule has 0 bridgehead atoms. The van der Waals surface area contributed by atoms with Crippen molar-refractivity contribution in [3.05, 3.63) is 42.2 Å². The number of ether oxygens (including phenoxy) is 1. The first-order valence-corrected chi connectivity index (χ1v) is 11.3. The van der Waals surface area contributed by atoms with Crippen molar-refractivity contribution in [2.24, 2.45) is 5.41 Å². The smallest absolute Gasteiger partial charge is 0.252 e. The van der Waals surface area contributed by atoms with Gasteiger partial charge in [-0.1, -0.05) is 39.0 Å². The Bertz CT molecular complexity index is 795. The highest BCUT2D eigenvalue weighted by atomic mass is 16.5. The van der Waals surface area contributed by atoms with Crippen molar-refractivity contribution in [1.82, 2.24) is 15.2 Å². The number of nitrogens with one attached hydrogen (secondary N) is 1. The molecule has 5 atom stereocenters. The lowest BCUT2D eigenvalue weighted by atomic mass is 9.94. The Balaban J connectivity index is 2.05. The van der Waals surface area contributed by atoms with Gasteiger partial charge in [0.15, 0.2) is 6.10 Å². The molecular formula is C24H37N3O6. The SMILES string of the molecule is CO[C@@H](C(=O)N[C@H]1CCCCN(Cc2cccnc2)C1=O)[C@H](O)[C@@H](O)[C@H](O)C=CC(C)(C)C. The number of pyridine rings is 1. The van der Waals surface area contributed by atoms with Crippen LogP contribution in [0.15, 0.2) is 36.7 Å². The lowest BCUT2D eigenvalue weighted by molar-refractivity contribution is -0.151. The van der Waals surface area contributed by atoms with Crippen LogP contribution in [0.1, 0.15) is 45.6 Å². The van der Waals surface area contributed by atoms with E-state index in [2.05, 4.69) is 10.3 Å². The molecule has 184 valence electrons. The maximum absolute atomic E-state index is 13.1. The first-order valence-electron chi connectivity index (χ1n) is 11.3. The quantitative estimate of drug-likeness (QED) is 0.398. The Kier molecular flexibility index (Phi) is 9.97. The summed E-state index contributed by atoms with van der Waals surface area (Å²) in [6.07, 6.45) is 2.27. The number of aliphatic hydroxyl groups is 3. The summed E-state index contributed by atoms with van der Waals surface area (Å²) in [6, 6.07) is 2.92. The van der Waals surface area contributed by atoms with E-state index in [1.165, 1.54) is 13.2 Å². The predicted octanol–water partition coefficient (Wildman–Crippen LogP) is 0.779. The van der Waals surface area contributed by atoms with Crippen LogP contribution in [-0.4, -0.2) is 81.1 Å². The molecule has 1 fully saturated rings. The average molecular weight is 464 g/mol. The van der Waals surface area contributed by atoms with E-state index < -0.39 is 36.4 Å². The van der Waals surface area contributed by atoms with E-state index in [9.17, 15) is 24.9 Å². The Morgan fingerprint density at radius 2 is 2.03 bits per heavy atom. The van der Waals surface area contributed by atoms with E-state index in [1.807, 2.05) is 26.8 Å². The number of aromatic nitrogens is 1. The lowest BCUT2D eigenvalue weighted by Gasteiger charge is -2.29. The normalized spacial score (nSPS) is 21.4.